The van der Waals surface area contributed by atoms with Gasteiger partial charge in [-0.25, -0.2) is 9.78 Å². The predicted molar refractivity (Wildman–Crippen MR) is 83.5 cm³/mol. The van der Waals surface area contributed by atoms with Crippen LogP contribution in [0.1, 0.15) is 21.5 Å². The molecule has 1 aromatic heterocycles. The number of hydrogen-bond acceptors (Lipinski definition) is 5. The molecule has 2 aromatic rings. The van der Waals surface area contributed by atoms with Crippen LogP contribution in [0, 0.1) is 13.8 Å². The maximum atomic E-state index is 11.9. The first kappa shape index (κ1) is 15.5. The van der Waals surface area contributed by atoms with E-state index in [9.17, 15) is 9.59 Å². The number of carbonyl (C=O) groups excluding carboxylic acids is 2. The van der Waals surface area contributed by atoms with Crippen molar-refractivity contribution in [3.8, 4) is 0 Å². The lowest BCUT2D eigenvalue weighted by Crippen LogP contribution is -2.22. The van der Waals surface area contributed by atoms with Crippen molar-refractivity contribution in [2.45, 2.75) is 13.8 Å². The molecule has 6 nitrogen and oxygen atoms in total. The molecule has 3 N–H and O–H groups in total. The summed E-state index contributed by atoms with van der Waals surface area (Å²) >= 11 is 0. The molecule has 114 valence electrons. The average Bonchev–Trinajstić information content (AvgIpc) is 2.50. The van der Waals surface area contributed by atoms with Gasteiger partial charge in [-0.05, 0) is 43.2 Å². The summed E-state index contributed by atoms with van der Waals surface area (Å²) in [6.07, 6.45) is 1.47. The summed E-state index contributed by atoms with van der Waals surface area (Å²) in [5, 5.41) is 2.71. The molecular weight excluding hydrogens is 282 g/mol. The number of nitrogens with one attached hydrogen (secondary N) is 1. The van der Waals surface area contributed by atoms with Crippen LogP contribution >= 0.6 is 0 Å². The number of nitrogen functional groups attached to an aromatic ring is 1. The highest BCUT2D eigenvalue weighted by molar-refractivity contribution is 5.97. The van der Waals surface area contributed by atoms with Gasteiger partial charge in [0, 0.05) is 11.9 Å². The van der Waals surface area contributed by atoms with Crippen molar-refractivity contribution >= 4 is 23.4 Å². The molecule has 22 heavy (non-hydrogen) atoms. The van der Waals surface area contributed by atoms with Gasteiger partial charge in [-0.2, -0.15) is 0 Å². The molecule has 0 aliphatic heterocycles. The zero-order valence-corrected chi connectivity index (χ0v) is 12.4. The Morgan fingerprint density at radius 1 is 1.23 bits per heavy atom. The molecule has 0 aliphatic rings. The Morgan fingerprint density at radius 3 is 2.73 bits per heavy atom. The largest absolute Gasteiger partial charge is 0.452 e. The molecule has 0 aliphatic carbocycles. The lowest BCUT2D eigenvalue weighted by Gasteiger charge is -2.11. The van der Waals surface area contributed by atoms with Crippen molar-refractivity contribution in [1.29, 1.82) is 0 Å². The third-order valence-corrected chi connectivity index (χ3v) is 3.27. The molecule has 0 spiro atoms. The Bertz CT molecular complexity index is 714. The second kappa shape index (κ2) is 6.71. The smallest absolute Gasteiger partial charge is 0.342 e. The van der Waals surface area contributed by atoms with Crippen molar-refractivity contribution in [3.05, 3.63) is 53.2 Å². The molecule has 1 aromatic carbocycles. The van der Waals surface area contributed by atoms with E-state index in [0.717, 1.165) is 11.1 Å². The molecular formula is C16H17N3O3. The number of benzene rings is 1. The van der Waals surface area contributed by atoms with Crippen LogP contribution in [0.3, 0.4) is 0 Å². The first-order valence-corrected chi connectivity index (χ1v) is 6.72. The van der Waals surface area contributed by atoms with Crippen molar-refractivity contribution in [3.63, 3.8) is 0 Å². The van der Waals surface area contributed by atoms with E-state index in [4.69, 9.17) is 10.5 Å². The number of nitrogens with zero attached hydrogens (tertiary/aromatic N) is 1. The normalized spacial score (nSPS) is 10.1. The fraction of sp³-hybridized carbons (Fsp3) is 0.188. The number of ether oxygens (including phenoxy) is 1. The number of nitrogens with two attached hydrogens (primary N) is 1. The number of amides is 1. The Balaban J connectivity index is 1.95. The number of aryl methyl sites for hydroxylation is 1. The van der Waals surface area contributed by atoms with Gasteiger partial charge in [-0.3, -0.25) is 4.79 Å². The first-order valence-electron chi connectivity index (χ1n) is 6.72. The average molecular weight is 299 g/mol. The van der Waals surface area contributed by atoms with Gasteiger partial charge in [0.25, 0.3) is 5.91 Å². The highest BCUT2D eigenvalue weighted by atomic mass is 16.5. The summed E-state index contributed by atoms with van der Waals surface area (Å²) in [6.45, 7) is 3.48. The minimum atomic E-state index is -0.679. The van der Waals surface area contributed by atoms with Crippen LogP contribution in [0.2, 0.25) is 0 Å². The topological polar surface area (TPSA) is 94.3 Å². The van der Waals surface area contributed by atoms with Crippen LogP contribution in [0.5, 0.6) is 0 Å². The quantitative estimate of drug-likeness (QED) is 0.843. The number of aromatic nitrogens is 1. The number of pyridine rings is 1. The fourth-order valence-corrected chi connectivity index (χ4v) is 1.87. The maximum absolute atomic E-state index is 11.9. The van der Waals surface area contributed by atoms with Gasteiger partial charge in [0.05, 0.1) is 0 Å². The van der Waals surface area contributed by atoms with Gasteiger partial charge in [0.15, 0.2) is 6.61 Å². The Hall–Kier alpha value is -2.89. The summed E-state index contributed by atoms with van der Waals surface area (Å²) in [4.78, 5) is 27.5. The standard InChI is InChI=1S/C16H17N3O3/c1-10-5-3-7-13(11(10)2)19-14(20)9-22-16(21)12-6-4-8-18-15(12)17/h3-8H,9H2,1-2H3,(H2,17,18)(H,19,20). The van der Waals surface area contributed by atoms with Gasteiger partial charge in [0.2, 0.25) is 0 Å². The zero-order valence-electron chi connectivity index (χ0n) is 12.4. The van der Waals surface area contributed by atoms with E-state index in [1.54, 1.807) is 12.1 Å². The summed E-state index contributed by atoms with van der Waals surface area (Å²) in [5.41, 5.74) is 8.45. The van der Waals surface area contributed by atoms with E-state index in [-0.39, 0.29) is 18.0 Å². The Kier molecular flexibility index (Phi) is 4.73. The lowest BCUT2D eigenvalue weighted by atomic mass is 10.1. The second-order valence-corrected chi connectivity index (χ2v) is 4.81. The summed E-state index contributed by atoms with van der Waals surface area (Å²) in [7, 11) is 0. The summed E-state index contributed by atoms with van der Waals surface area (Å²) < 4.78 is 4.94. The molecule has 0 bridgehead atoms. The number of esters is 1. The molecule has 1 heterocycles. The van der Waals surface area contributed by atoms with Crippen LogP contribution in [0.4, 0.5) is 11.5 Å². The highest BCUT2D eigenvalue weighted by Gasteiger charge is 2.14. The minimum absolute atomic E-state index is 0.0717. The molecule has 6 heteroatoms. The first-order chi connectivity index (χ1) is 10.5. The monoisotopic (exact) mass is 299 g/mol. The third-order valence-electron chi connectivity index (χ3n) is 3.27. The molecule has 1 amide bonds. The Labute approximate surface area is 128 Å². The van der Waals surface area contributed by atoms with Crippen molar-refractivity contribution in [2.24, 2.45) is 0 Å². The molecule has 0 radical (unpaired) electrons. The molecule has 0 fully saturated rings. The fourth-order valence-electron chi connectivity index (χ4n) is 1.87. The van der Waals surface area contributed by atoms with Crippen LogP contribution in [0.15, 0.2) is 36.5 Å². The van der Waals surface area contributed by atoms with E-state index in [1.807, 2.05) is 26.0 Å². The van der Waals surface area contributed by atoms with Gasteiger partial charge < -0.3 is 15.8 Å². The Morgan fingerprint density at radius 2 is 2.00 bits per heavy atom. The summed E-state index contributed by atoms with van der Waals surface area (Å²) in [5.74, 6) is -1.02. The van der Waals surface area contributed by atoms with E-state index in [2.05, 4.69) is 10.3 Å². The van der Waals surface area contributed by atoms with Crippen LogP contribution in [0.25, 0.3) is 0 Å². The maximum Gasteiger partial charge on any atom is 0.342 e. The number of carbonyl (C=O) groups is 2. The highest BCUT2D eigenvalue weighted by Crippen LogP contribution is 2.17. The van der Waals surface area contributed by atoms with Crippen LogP contribution in [-0.4, -0.2) is 23.5 Å². The molecule has 0 atom stereocenters. The zero-order chi connectivity index (χ0) is 16.1. The molecule has 2 rings (SSSR count). The van der Waals surface area contributed by atoms with Crippen molar-refractivity contribution < 1.29 is 14.3 Å². The van der Waals surface area contributed by atoms with Crippen LogP contribution in [-0.2, 0) is 9.53 Å². The third kappa shape index (κ3) is 3.60. The van der Waals surface area contributed by atoms with Gasteiger partial charge in [0.1, 0.15) is 11.4 Å². The number of hydrogen-bond donors (Lipinski definition) is 2. The van der Waals surface area contributed by atoms with Crippen molar-refractivity contribution in [2.75, 3.05) is 17.7 Å². The lowest BCUT2D eigenvalue weighted by molar-refractivity contribution is -0.119. The van der Waals surface area contributed by atoms with Gasteiger partial charge >= 0.3 is 5.97 Å². The predicted octanol–water partition coefficient (Wildman–Crippen LogP) is 2.08. The number of anilines is 2. The number of rotatable bonds is 4. The van der Waals surface area contributed by atoms with Gasteiger partial charge in [-0.1, -0.05) is 12.1 Å². The van der Waals surface area contributed by atoms with Gasteiger partial charge in [-0.15, -0.1) is 0 Å². The second-order valence-electron chi connectivity index (χ2n) is 4.81. The minimum Gasteiger partial charge on any atom is -0.452 e. The summed E-state index contributed by atoms with van der Waals surface area (Å²) in [6, 6.07) is 8.66. The van der Waals surface area contributed by atoms with E-state index in [1.165, 1.54) is 12.3 Å². The molecule has 0 saturated heterocycles. The van der Waals surface area contributed by atoms with Crippen LogP contribution < -0.4 is 11.1 Å². The van der Waals surface area contributed by atoms with E-state index >= 15 is 0 Å². The molecule has 0 unspecified atom stereocenters. The van der Waals surface area contributed by atoms with E-state index < -0.39 is 11.9 Å². The van der Waals surface area contributed by atoms with E-state index in [0.29, 0.717) is 5.69 Å². The molecule has 0 saturated carbocycles. The SMILES string of the molecule is Cc1cccc(NC(=O)COC(=O)c2cccnc2N)c1C. The van der Waals surface area contributed by atoms with Crippen molar-refractivity contribution in [1.82, 2.24) is 4.98 Å².